The van der Waals surface area contributed by atoms with Gasteiger partial charge in [-0.1, -0.05) is 30.3 Å². The number of carboxylic acids is 1. The summed E-state index contributed by atoms with van der Waals surface area (Å²) in [6.07, 6.45) is -0.316. The molecule has 0 radical (unpaired) electrons. The van der Waals surface area contributed by atoms with Gasteiger partial charge in [0.15, 0.2) is 9.84 Å². The lowest BCUT2D eigenvalue weighted by molar-refractivity contribution is -0.146. The van der Waals surface area contributed by atoms with Crippen LogP contribution in [0.1, 0.15) is 12.0 Å². The summed E-state index contributed by atoms with van der Waals surface area (Å²) in [6.45, 7) is 1.63. The molecule has 1 atom stereocenters. The normalized spacial score (nSPS) is 16.6. The summed E-state index contributed by atoms with van der Waals surface area (Å²) in [5.41, 5.74) is 0.598. The van der Waals surface area contributed by atoms with Gasteiger partial charge in [-0.25, -0.2) is 8.42 Å². The van der Waals surface area contributed by atoms with Crippen molar-refractivity contribution in [3.63, 3.8) is 0 Å². The Hall–Kier alpha value is -1.93. The topological polar surface area (TPSA) is 101 Å². The molecular weight excluding hydrogens is 334 g/mol. The highest BCUT2D eigenvalue weighted by atomic mass is 32.2. The van der Waals surface area contributed by atoms with Crippen molar-refractivity contribution in [3.05, 3.63) is 35.9 Å². The van der Waals surface area contributed by atoms with Crippen LogP contribution in [-0.4, -0.2) is 62.4 Å². The van der Waals surface area contributed by atoms with Crippen molar-refractivity contribution in [2.24, 2.45) is 5.92 Å². The number of amides is 1. The summed E-state index contributed by atoms with van der Waals surface area (Å²) < 4.78 is 29.7. The summed E-state index contributed by atoms with van der Waals surface area (Å²) in [5, 5.41) is 9.29. The third kappa shape index (κ3) is 5.61. The maximum atomic E-state index is 12.3. The average molecular weight is 355 g/mol. The standard InChI is InChI=1S/C16H21NO6S/c18-15(17-6-8-23-9-7-17)10-14(16(19)20)12-24(21,22)11-13-4-2-1-3-5-13/h1-5,14H,6-12H2,(H,19,20)/t14-/m1/s1. The molecular formula is C16H21NO6S. The lowest BCUT2D eigenvalue weighted by Gasteiger charge is -2.27. The van der Waals surface area contributed by atoms with Crippen molar-refractivity contribution < 1.29 is 27.9 Å². The minimum atomic E-state index is -3.63. The first-order valence-corrected chi connectivity index (χ1v) is 9.52. The Morgan fingerprint density at radius 3 is 2.38 bits per heavy atom. The highest BCUT2D eigenvalue weighted by Crippen LogP contribution is 2.15. The lowest BCUT2D eigenvalue weighted by atomic mass is 10.1. The zero-order valence-electron chi connectivity index (χ0n) is 13.3. The van der Waals surface area contributed by atoms with Crippen LogP contribution in [0.25, 0.3) is 0 Å². The van der Waals surface area contributed by atoms with E-state index in [-0.39, 0.29) is 18.1 Å². The van der Waals surface area contributed by atoms with E-state index in [4.69, 9.17) is 4.74 Å². The Morgan fingerprint density at radius 1 is 1.17 bits per heavy atom. The molecule has 0 unspecified atom stereocenters. The predicted molar refractivity (Wildman–Crippen MR) is 87.1 cm³/mol. The van der Waals surface area contributed by atoms with Crippen LogP contribution in [0.4, 0.5) is 0 Å². The second-order valence-corrected chi connectivity index (χ2v) is 7.88. The maximum absolute atomic E-state index is 12.3. The number of morpholine rings is 1. The monoisotopic (exact) mass is 355 g/mol. The molecule has 1 saturated heterocycles. The van der Waals surface area contributed by atoms with Crippen molar-refractivity contribution in [2.45, 2.75) is 12.2 Å². The number of aliphatic carboxylic acids is 1. The molecule has 1 aromatic rings. The van der Waals surface area contributed by atoms with Gasteiger partial charge in [-0.3, -0.25) is 9.59 Å². The van der Waals surface area contributed by atoms with Crippen LogP contribution in [0.5, 0.6) is 0 Å². The maximum Gasteiger partial charge on any atom is 0.308 e. The number of rotatable bonds is 7. The number of benzene rings is 1. The van der Waals surface area contributed by atoms with Gasteiger partial charge in [-0.05, 0) is 5.56 Å². The van der Waals surface area contributed by atoms with Gasteiger partial charge in [0.1, 0.15) is 0 Å². The van der Waals surface area contributed by atoms with Gasteiger partial charge < -0.3 is 14.7 Å². The van der Waals surface area contributed by atoms with E-state index in [1.807, 2.05) is 0 Å². The van der Waals surface area contributed by atoms with E-state index in [1.165, 1.54) is 4.90 Å². The van der Waals surface area contributed by atoms with Gasteiger partial charge in [0.05, 0.1) is 30.6 Å². The number of sulfone groups is 1. The Bertz CT molecular complexity index is 667. The molecule has 2 rings (SSSR count). The second-order valence-electron chi connectivity index (χ2n) is 5.77. The predicted octanol–water partition coefficient (Wildman–Crippen LogP) is 0.551. The first-order valence-electron chi connectivity index (χ1n) is 7.70. The van der Waals surface area contributed by atoms with Crippen LogP contribution in [-0.2, 0) is 29.9 Å². The molecule has 0 aliphatic carbocycles. The summed E-state index contributed by atoms with van der Waals surface area (Å²) >= 11 is 0. The zero-order chi connectivity index (χ0) is 17.6. The number of hydrogen-bond acceptors (Lipinski definition) is 5. The van der Waals surface area contributed by atoms with Crippen LogP contribution in [0.2, 0.25) is 0 Å². The molecule has 0 bridgehead atoms. The van der Waals surface area contributed by atoms with E-state index in [0.717, 1.165) is 0 Å². The van der Waals surface area contributed by atoms with Crippen molar-refractivity contribution in [1.29, 1.82) is 0 Å². The Kier molecular flexibility index (Phi) is 6.33. The largest absolute Gasteiger partial charge is 0.481 e. The molecule has 1 N–H and O–H groups in total. The molecule has 7 nitrogen and oxygen atoms in total. The molecule has 1 fully saturated rings. The minimum Gasteiger partial charge on any atom is -0.481 e. The van der Waals surface area contributed by atoms with Crippen LogP contribution in [0.15, 0.2) is 30.3 Å². The van der Waals surface area contributed by atoms with E-state index >= 15 is 0 Å². The van der Waals surface area contributed by atoms with Gasteiger partial charge in [0, 0.05) is 19.5 Å². The fourth-order valence-electron chi connectivity index (χ4n) is 2.56. The highest BCUT2D eigenvalue weighted by Gasteiger charge is 2.30. The fourth-order valence-corrected chi connectivity index (χ4v) is 4.26. The quantitative estimate of drug-likeness (QED) is 0.767. The molecule has 1 aliphatic rings. The third-order valence-electron chi connectivity index (χ3n) is 3.82. The van der Waals surface area contributed by atoms with Crippen LogP contribution >= 0.6 is 0 Å². The van der Waals surface area contributed by atoms with Gasteiger partial charge in [-0.15, -0.1) is 0 Å². The van der Waals surface area contributed by atoms with Crippen molar-refractivity contribution in [3.8, 4) is 0 Å². The molecule has 1 heterocycles. The van der Waals surface area contributed by atoms with Gasteiger partial charge >= 0.3 is 5.97 Å². The van der Waals surface area contributed by atoms with E-state index in [0.29, 0.717) is 31.9 Å². The van der Waals surface area contributed by atoms with Gasteiger partial charge in [0.2, 0.25) is 5.91 Å². The number of nitrogens with zero attached hydrogens (tertiary/aromatic N) is 1. The molecule has 1 amide bonds. The lowest BCUT2D eigenvalue weighted by Crippen LogP contribution is -2.42. The molecule has 1 aliphatic heterocycles. The molecule has 0 aromatic heterocycles. The third-order valence-corrected chi connectivity index (χ3v) is 5.50. The average Bonchev–Trinajstić information content (AvgIpc) is 2.55. The first kappa shape index (κ1) is 18.4. The van der Waals surface area contributed by atoms with Crippen LogP contribution < -0.4 is 0 Å². The number of ether oxygens (including phenoxy) is 1. The van der Waals surface area contributed by atoms with E-state index in [1.54, 1.807) is 30.3 Å². The Balaban J connectivity index is 1.99. The Morgan fingerprint density at radius 2 is 1.79 bits per heavy atom. The SMILES string of the molecule is O=C(O)[C@H](CC(=O)N1CCOCC1)CS(=O)(=O)Cc1ccccc1. The molecule has 1 aromatic carbocycles. The van der Waals surface area contributed by atoms with E-state index < -0.39 is 27.5 Å². The van der Waals surface area contributed by atoms with Crippen molar-refractivity contribution in [1.82, 2.24) is 4.90 Å². The zero-order valence-corrected chi connectivity index (χ0v) is 14.1. The first-order chi connectivity index (χ1) is 11.4. The summed E-state index contributed by atoms with van der Waals surface area (Å²) in [6, 6.07) is 8.57. The summed E-state index contributed by atoms with van der Waals surface area (Å²) in [4.78, 5) is 25.1. The smallest absolute Gasteiger partial charge is 0.308 e. The summed E-state index contributed by atoms with van der Waals surface area (Å²) in [7, 11) is -3.63. The minimum absolute atomic E-state index is 0.233. The number of carbonyl (C=O) groups excluding carboxylic acids is 1. The van der Waals surface area contributed by atoms with Gasteiger partial charge in [0.25, 0.3) is 0 Å². The van der Waals surface area contributed by atoms with Gasteiger partial charge in [-0.2, -0.15) is 0 Å². The number of carboxylic acid groups (broad SMARTS) is 1. The summed E-state index contributed by atoms with van der Waals surface area (Å²) in [5.74, 6) is -3.64. The Labute approximate surface area is 141 Å². The second kappa shape index (κ2) is 8.25. The van der Waals surface area contributed by atoms with Crippen LogP contribution in [0, 0.1) is 5.92 Å². The van der Waals surface area contributed by atoms with E-state index in [9.17, 15) is 23.1 Å². The van der Waals surface area contributed by atoms with Crippen molar-refractivity contribution in [2.75, 3.05) is 32.1 Å². The molecule has 8 heteroatoms. The van der Waals surface area contributed by atoms with Crippen molar-refractivity contribution >= 4 is 21.7 Å². The highest BCUT2D eigenvalue weighted by molar-refractivity contribution is 7.90. The molecule has 132 valence electrons. The molecule has 0 spiro atoms. The van der Waals surface area contributed by atoms with E-state index in [2.05, 4.69) is 0 Å². The molecule has 0 saturated carbocycles. The molecule has 24 heavy (non-hydrogen) atoms. The number of carbonyl (C=O) groups is 2. The number of hydrogen-bond donors (Lipinski definition) is 1. The fraction of sp³-hybridized carbons (Fsp3) is 0.500. The van der Waals surface area contributed by atoms with Crippen LogP contribution in [0.3, 0.4) is 0 Å².